The molecule has 2 rings (SSSR count). The molecule has 2 aromatic carbocycles. The Balaban J connectivity index is 2.28. The van der Waals surface area contributed by atoms with Gasteiger partial charge < -0.3 is 10.5 Å². The summed E-state index contributed by atoms with van der Waals surface area (Å²) in [6, 6.07) is 9.54. The molecular weight excluding hydrogens is 281 g/mol. The third-order valence-corrected chi connectivity index (χ3v) is 4.53. The molecule has 0 aliphatic heterocycles. The van der Waals surface area contributed by atoms with E-state index in [0.717, 1.165) is 12.1 Å². The molecule has 4 nitrogen and oxygen atoms in total. The van der Waals surface area contributed by atoms with Crippen LogP contribution in [0.5, 0.6) is 5.75 Å². The van der Waals surface area contributed by atoms with E-state index in [1.165, 1.54) is 19.2 Å². The lowest BCUT2D eigenvalue weighted by Crippen LogP contribution is -2.05. The third-order valence-electron chi connectivity index (χ3n) is 2.82. The molecule has 20 heavy (non-hydrogen) atoms. The van der Waals surface area contributed by atoms with Crippen molar-refractivity contribution >= 4 is 15.5 Å². The Morgan fingerprint density at radius 3 is 2.35 bits per heavy atom. The van der Waals surface area contributed by atoms with Crippen molar-refractivity contribution in [3.8, 4) is 5.75 Å². The molecule has 106 valence electrons. The number of hydrogen-bond donors (Lipinski definition) is 1. The Bertz CT molecular complexity index is 712. The van der Waals surface area contributed by atoms with Crippen LogP contribution in [-0.2, 0) is 15.6 Å². The average molecular weight is 295 g/mol. The van der Waals surface area contributed by atoms with Crippen molar-refractivity contribution in [2.24, 2.45) is 0 Å². The quantitative estimate of drug-likeness (QED) is 0.694. The van der Waals surface area contributed by atoms with Crippen molar-refractivity contribution < 1.29 is 17.5 Å². The van der Waals surface area contributed by atoms with Gasteiger partial charge in [0.2, 0.25) is 0 Å². The zero-order valence-electron chi connectivity index (χ0n) is 10.8. The minimum atomic E-state index is -3.53. The van der Waals surface area contributed by atoms with E-state index in [2.05, 4.69) is 0 Å². The Hall–Kier alpha value is -2.08. The number of ether oxygens (including phenoxy) is 1. The number of hydrogen-bond acceptors (Lipinski definition) is 4. The van der Waals surface area contributed by atoms with Crippen LogP contribution in [0.15, 0.2) is 47.4 Å². The molecule has 2 aromatic rings. The maximum Gasteiger partial charge on any atom is 0.182 e. The highest BCUT2D eigenvalue weighted by Crippen LogP contribution is 2.24. The van der Waals surface area contributed by atoms with Crippen LogP contribution in [0.4, 0.5) is 10.1 Å². The molecule has 0 heterocycles. The van der Waals surface area contributed by atoms with Gasteiger partial charge in [-0.2, -0.15) is 0 Å². The molecule has 0 radical (unpaired) electrons. The summed E-state index contributed by atoms with van der Waals surface area (Å²) in [4.78, 5) is 0.0771. The summed E-state index contributed by atoms with van der Waals surface area (Å²) in [6.45, 7) is 0. The highest BCUT2D eigenvalue weighted by atomic mass is 32.2. The molecule has 0 bridgehead atoms. The number of benzene rings is 2. The summed E-state index contributed by atoms with van der Waals surface area (Å²) < 4.78 is 42.2. The number of rotatable bonds is 4. The first-order chi connectivity index (χ1) is 9.42. The molecule has 0 saturated heterocycles. The summed E-state index contributed by atoms with van der Waals surface area (Å²) >= 11 is 0. The smallest absolute Gasteiger partial charge is 0.182 e. The van der Waals surface area contributed by atoms with Crippen molar-refractivity contribution in [2.75, 3.05) is 12.8 Å². The lowest BCUT2D eigenvalue weighted by Gasteiger charge is -2.08. The molecular formula is C14H14FNO3S. The minimum Gasteiger partial charge on any atom is -0.495 e. The van der Waals surface area contributed by atoms with Gasteiger partial charge in [0.25, 0.3) is 0 Å². The second-order valence-corrected chi connectivity index (χ2v) is 6.28. The predicted octanol–water partition coefficient (Wildman–Crippen LogP) is 2.39. The largest absolute Gasteiger partial charge is 0.495 e. The first-order valence-corrected chi connectivity index (χ1v) is 7.48. The van der Waals surface area contributed by atoms with Crippen LogP contribution in [0.25, 0.3) is 0 Å². The second kappa shape index (κ2) is 5.50. The van der Waals surface area contributed by atoms with E-state index in [9.17, 15) is 12.8 Å². The lowest BCUT2D eigenvalue weighted by molar-refractivity contribution is 0.417. The van der Waals surface area contributed by atoms with Crippen LogP contribution in [0.1, 0.15) is 5.56 Å². The lowest BCUT2D eigenvalue weighted by atomic mass is 10.2. The summed E-state index contributed by atoms with van der Waals surface area (Å²) in [7, 11) is -2.04. The van der Waals surface area contributed by atoms with E-state index < -0.39 is 15.7 Å². The number of methoxy groups -OCH3 is 1. The van der Waals surface area contributed by atoms with E-state index in [1.54, 1.807) is 18.2 Å². The van der Waals surface area contributed by atoms with Gasteiger partial charge in [0.05, 0.1) is 23.4 Å². The van der Waals surface area contributed by atoms with Gasteiger partial charge in [-0.3, -0.25) is 0 Å². The van der Waals surface area contributed by atoms with Gasteiger partial charge >= 0.3 is 0 Å². The Morgan fingerprint density at radius 1 is 1.15 bits per heavy atom. The van der Waals surface area contributed by atoms with Gasteiger partial charge in [0, 0.05) is 0 Å². The van der Waals surface area contributed by atoms with Crippen molar-refractivity contribution in [3.05, 3.63) is 53.8 Å². The van der Waals surface area contributed by atoms with Gasteiger partial charge in [-0.25, -0.2) is 12.8 Å². The molecule has 0 aliphatic rings. The maximum absolute atomic E-state index is 12.8. The van der Waals surface area contributed by atoms with Gasteiger partial charge in [0.1, 0.15) is 11.6 Å². The first kappa shape index (κ1) is 14.3. The molecule has 2 N–H and O–H groups in total. The molecule has 0 spiro atoms. The number of nitrogens with two attached hydrogens (primary N) is 1. The monoisotopic (exact) mass is 295 g/mol. The number of anilines is 1. The molecule has 0 atom stereocenters. The molecule has 6 heteroatoms. The second-order valence-electron chi connectivity index (χ2n) is 4.29. The zero-order chi connectivity index (χ0) is 14.8. The van der Waals surface area contributed by atoms with Gasteiger partial charge in [0.15, 0.2) is 9.84 Å². The Kier molecular flexibility index (Phi) is 3.94. The van der Waals surface area contributed by atoms with E-state index in [1.807, 2.05) is 0 Å². The molecule has 0 fully saturated rings. The summed E-state index contributed by atoms with van der Waals surface area (Å²) in [6.07, 6.45) is 0. The molecule has 0 aliphatic carbocycles. The minimum absolute atomic E-state index is 0.0771. The normalized spacial score (nSPS) is 11.3. The third kappa shape index (κ3) is 3.08. The maximum atomic E-state index is 12.8. The molecule has 0 amide bonds. The van der Waals surface area contributed by atoms with Crippen LogP contribution in [0.3, 0.4) is 0 Å². The standard InChI is InChI=1S/C14H14FNO3S/c1-19-14-7-2-10(8-13(14)16)9-20(17,18)12-5-3-11(15)4-6-12/h2-8H,9,16H2,1H3. The predicted molar refractivity (Wildman–Crippen MR) is 74.7 cm³/mol. The fraction of sp³-hybridized carbons (Fsp3) is 0.143. The Morgan fingerprint density at radius 2 is 1.80 bits per heavy atom. The topological polar surface area (TPSA) is 69.4 Å². The van der Waals surface area contributed by atoms with Crippen molar-refractivity contribution in [2.45, 2.75) is 10.6 Å². The van der Waals surface area contributed by atoms with E-state index in [0.29, 0.717) is 17.0 Å². The molecule has 0 aromatic heterocycles. The highest BCUT2D eigenvalue weighted by molar-refractivity contribution is 7.90. The SMILES string of the molecule is COc1ccc(CS(=O)(=O)c2ccc(F)cc2)cc1N. The molecule has 0 unspecified atom stereocenters. The van der Waals surface area contributed by atoms with E-state index in [4.69, 9.17) is 10.5 Å². The first-order valence-electron chi connectivity index (χ1n) is 5.83. The van der Waals surface area contributed by atoms with Gasteiger partial charge in [-0.1, -0.05) is 6.07 Å². The summed E-state index contributed by atoms with van der Waals surface area (Å²) in [5, 5.41) is 0. The fourth-order valence-corrected chi connectivity index (χ4v) is 3.15. The zero-order valence-corrected chi connectivity index (χ0v) is 11.7. The number of nitrogen functional groups attached to an aromatic ring is 1. The summed E-state index contributed by atoms with van der Waals surface area (Å²) in [5.74, 6) is -0.183. The van der Waals surface area contributed by atoms with Crippen molar-refractivity contribution in [1.29, 1.82) is 0 Å². The van der Waals surface area contributed by atoms with Crippen LogP contribution in [0, 0.1) is 5.82 Å². The average Bonchev–Trinajstić information content (AvgIpc) is 2.39. The number of halogens is 1. The van der Waals surface area contributed by atoms with Crippen molar-refractivity contribution in [1.82, 2.24) is 0 Å². The van der Waals surface area contributed by atoms with Crippen LogP contribution >= 0.6 is 0 Å². The van der Waals surface area contributed by atoms with Crippen LogP contribution < -0.4 is 10.5 Å². The Labute approximate surface area is 116 Å². The molecule has 0 saturated carbocycles. The summed E-state index contributed by atoms with van der Waals surface area (Å²) in [5.41, 5.74) is 6.66. The van der Waals surface area contributed by atoms with Crippen LogP contribution in [0.2, 0.25) is 0 Å². The highest BCUT2D eigenvalue weighted by Gasteiger charge is 2.16. The fourth-order valence-electron chi connectivity index (χ4n) is 1.82. The van der Waals surface area contributed by atoms with E-state index in [-0.39, 0.29) is 10.6 Å². The van der Waals surface area contributed by atoms with Gasteiger partial charge in [-0.15, -0.1) is 0 Å². The van der Waals surface area contributed by atoms with Crippen LogP contribution in [-0.4, -0.2) is 15.5 Å². The number of sulfone groups is 1. The van der Waals surface area contributed by atoms with Gasteiger partial charge in [-0.05, 0) is 42.0 Å². The van der Waals surface area contributed by atoms with Crippen molar-refractivity contribution in [3.63, 3.8) is 0 Å². The van der Waals surface area contributed by atoms with E-state index >= 15 is 0 Å².